The van der Waals surface area contributed by atoms with Crippen LogP contribution in [-0.4, -0.2) is 29.7 Å². The van der Waals surface area contributed by atoms with Gasteiger partial charge in [0, 0.05) is 24.5 Å². The van der Waals surface area contributed by atoms with E-state index in [-0.39, 0.29) is 10.8 Å². The molecule has 3 aromatic heterocycles. The smallest absolute Gasteiger partial charge is 0.258 e. The molecule has 4 aromatic rings. The van der Waals surface area contributed by atoms with Crippen molar-refractivity contribution in [3.05, 3.63) is 77.6 Å². The Balaban J connectivity index is 1.68. The molecule has 0 aliphatic rings. The van der Waals surface area contributed by atoms with Crippen LogP contribution in [0.1, 0.15) is 18.0 Å². The summed E-state index contributed by atoms with van der Waals surface area (Å²) in [5.41, 5.74) is 1.47. The Bertz CT molecular complexity index is 1180. The van der Waals surface area contributed by atoms with Gasteiger partial charge >= 0.3 is 0 Å². The molecule has 1 N–H and O–H groups in total. The Morgan fingerprint density at radius 1 is 1.21 bits per heavy atom. The van der Waals surface area contributed by atoms with Gasteiger partial charge in [0.2, 0.25) is 0 Å². The molecule has 0 fully saturated rings. The zero-order chi connectivity index (χ0) is 19.5. The highest BCUT2D eigenvalue weighted by atomic mass is 32.2. The van der Waals surface area contributed by atoms with Crippen molar-refractivity contribution in [2.24, 2.45) is 0 Å². The van der Waals surface area contributed by atoms with Crippen molar-refractivity contribution in [1.29, 1.82) is 0 Å². The monoisotopic (exact) mass is 390 g/mol. The fraction of sp³-hybridized carbons (Fsp3) is 0.150. The maximum absolute atomic E-state index is 12.4. The topological polar surface area (TPSA) is 89.4 Å². The molecule has 8 heteroatoms. The molecule has 7 nitrogen and oxygen atoms in total. The molecule has 0 aliphatic carbocycles. The minimum atomic E-state index is -0.141. The van der Waals surface area contributed by atoms with Gasteiger partial charge in [-0.3, -0.25) is 14.3 Å². The second-order valence-corrected chi connectivity index (χ2v) is 7.48. The molecule has 0 saturated carbocycles. The number of rotatable bonds is 6. The third kappa shape index (κ3) is 3.46. The fourth-order valence-electron chi connectivity index (χ4n) is 2.90. The van der Waals surface area contributed by atoms with Crippen LogP contribution in [-0.2, 0) is 6.54 Å². The number of thioether (sulfide) groups is 1. The number of hydrogen-bond acceptors (Lipinski definition) is 6. The number of fused-ring (bicyclic) bond motifs is 1. The van der Waals surface area contributed by atoms with Crippen LogP contribution in [0.15, 0.2) is 71.4 Å². The highest BCUT2D eigenvalue weighted by molar-refractivity contribution is 7.99. The van der Waals surface area contributed by atoms with E-state index in [1.54, 1.807) is 24.5 Å². The van der Waals surface area contributed by atoms with Gasteiger partial charge in [-0.15, -0.1) is 16.8 Å². The van der Waals surface area contributed by atoms with Crippen LogP contribution < -0.4 is 5.56 Å². The summed E-state index contributed by atoms with van der Waals surface area (Å²) < 4.78 is 1.99. The van der Waals surface area contributed by atoms with Crippen LogP contribution >= 0.6 is 11.8 Å². The van der Waals surface area contributed by atoms with Crippen LogP contribution in [0.4, 0.5) is 0 Å². The number of aromatic nitrogens is 6. The van der Waals surface area contributed by atoms with E-state index in [1.807, 2.05) is 41.8 Å². The van der Waals surface area contributed by atoms with Gasteiger partial charge in [0.15, 0.2) is 11.0 Å². The summed E-state index contributed by atoms with van der Waals surface area (Å²) in [5.74, 6) is 1.35. The van der Waals surface area contributed by atoms with Crippen molar-refractivity contribution >= 4 is 22.7 Å². The van der Waals surface area contributed by atoms with Crippen molar-refractivity contribution in [3.8, 4) is 11.4 Å². The number of nitrogens with zero attached hydrogens (tertiary/aromatic N) is 5. The summed E-state index contributed by atoms with van der Waals surface area (Å²) in [7, 11) is 0. The maximum atomic E-state index is 12.4. The number of pyridine rings is 1. The van der Waals surface area contributed by atoms with Crippen LogP contribution in [0, 0.1) is 0 Å². The lowest BCUT2D eigenvalue weighted by Gasteiger charge is -2.12. The second-order valence-electron chi connectivity index (χ2n) is 6.17. The Labute approximate surface area is 165 Å². The van der Waals surface area contributed by atoms with Crippen molar-refractivity contribution in [2.75, 3.05) is 0 Å². The summed E-state index contributed by atoms with van der Waals surface area (Å²) in [6.07, 6.45) is 5.25. The van der Waals surface area contributed by atoms with Crippen molar-refractivity contribution in [1.82, 2.24) is 29.7 Å². The van der Waals surface area contributed by atoms with Gasteiger partial charge < -0.3 is 4.98 Å². The zero-order valence-electron chi connectivity index (χ0n) is 15.2. The predicted molar refractivity (Wildman–Crippen MR) is 110 cm³/mol. The van der Waals surface area contributed by atoms with E-state index in [9.17, 15) is 4.79 Å². The quantitative estimate of drug-likeness (QED) is 0.400. The van der Waals surface area contributed by atoms with E-state index in [2.05, 4.69) is 31.7 Å². The van der Waals surface area contributed by atoms with Gasteiger partial charge in [0.1, 0.15) is 5.82 Å². The lowest BCUT2D eigenvalue weighted by molar-refractivity contribution is 0.727. The first-order valence-electron chi connectivity index (χ1n) is 8.77. The van der Waals surface area contributed by atoms with E-state index in [0.29, 0.717) is 23.3 Å². The largest absolute Gasteiger partial charge is 0.309 e. The Kier molecular flexibility index (Phi) is 5.03. The van der Waals surface area contributed by atoms with Crippen molar-refractivity contribution in [2.45, 2.75) is 23.9 Å². The average Bonchev–Trinajstić information content (AvgIpc) is 3.11. The van der Waals surface area contributed by atoms with Gasteiger partial charge in [-0.1, -0.05) is 30.0 Å². The van der Waals surface area contributed by atoms with E-state index < -0.39 is 0 Å². The van der Waals surface area contributed by atoms with Crippen LogP contribution in [0.2, 0.25) is 0 Å². The number of H-pyrrole nitrogens is 1. The van der Waals surface area contributed by atoms with Gasteiger partial charge in [-0.05, 0) is 31.2 Å². The van der Waals surface area contributed by atoms with Crippen molar-refractivity contribution in [3.63, 3.8) is 0 Å². The molecule has 1 atom stereocenters. The minimum Gasteiger partial charge on any atom is -0.309 e. The van der Waals surface area contributed by atoms with Crippen LogP contribution in [0.3, 0.4) is 0 Å². The Morgan fingerprint density at radius 2 is 2.00 bits per heavy atom. The van der Waals surface area contributed by atoms with Crippen molar-refractivity contribution < 1.29 is 0 Å². The van der Waals surface area contributed by atoms with E-state index in [1.165, 1.54) is 11.8 Å². The number of benzene rings is 1. The van der Waals surface area contributed by atoms with Crippen LogP contribution in [0.25, 0.3) is 22.3 Å². The summed E-state index contributed by atoms with van der Waals surface area (Å²) in [4.78, 5) is 23.9. The highest BCUT2D eigenvalue weighted by Gasteiger charge is 2.19. The minimum absolute atomic E-state index is 0.115. The van der Waals surface area contributed by atoms with E-state index >= 15 is 0 Å². The lowest BCUT2D eigenvalue weighted by atomic mass is 10.2. The number of aromatic amines is 1. The number of allylic oxidation sites excluding steroid dienone is 1. The van der Waals surface area contributed by atoms with Gasteiger partial charge in [-0.2, -0.15) is 0 Å². The summed E-state index contributed by atoms with van der Waals surface area (Å²) in [6.45, 7) is 6.39. The first kappa shape index (κ1) is 18.1. The molecule has 140 valence electrons. The summed E-state index contributed by atoms with van der Waals surface area (Å²) in [6, 6.07) is 11.1. The molecule has 0 amide bonds. The normalized spacial score (nSPS) is 12.2. The second kappa shape index (κ2) is 7.77. The molecule has 0 unspecified atom stereocenters. The molecule has 4 rings (SSSR count). The first-order chi connectivity index (χ1) is 13.7. The third-order valence-electron chi connectivity index (χ3n) is 4.27. The number of nitrogens with one attached hydrogen (secondary N) is 1. The standard InChI is InChI=1S/C20H18N6OS/c1-3-12-26-18(14-8-10-21-11-9-14)24-25-20(26)28-13(2)17-22-16-7-5-4-6-15(16)19(27)23-17/h3-11,13H,1,12H2,2H3,(H,22,23,27)/t13-/m0/s1. The summed E-state index contributed by atoms with van der Waals surface area (Å²) in [5, 5.41) is 9.89. The molecule has 3 heterocycles. The molecular weight excluding hydrogens is 372 g/mol. The molecule has 0 spiro atoms. The Hall–Kier alpha value is -3.26. The molecule has 1 aromatic carbocycles. The fourth-order valence-corrected chi connectivity index (χ4v) is 3.81. The molecule has 0 radical (unpaired) electrons. The first-order valence-corrected chi connectivity index (χ1v) is 9.65. The van der Waals surface area contributed by atoms with Gasteiger partial charge in [0.05, 0.1) is 16.2 Å². The average molecular weight is 390 g/mol. The third-order valence-corrected chi connectivity index (χ3v) is 5.36. The van der Waals surface area contributed by atoms with Crippen LogP contribution in [0.5, 0.6) is 0 Å². The Morgan fingerprint density at radius 3 is 2.79 bits per heavy atom. The van der Waals surface area contributed by atoms with Gasteiger partial charge in [0.25, 0.3) is 5.56 Å². The molecule has 0 saturated heterocycles. The molecule has 0 bridgehead atoms. The number of hydrogen-bond donors (Lipinski definition) is 1. The number of para-hydroxylation sites is 1. The zero-order valence-corrected chi connectivity index (χ0v) is 16.1. The maximum Gasteiger partial charge on any atom is 0.258 e. The van der Waals surface area contributed by atoms with E-state index in [4.69, 9.17) is 0 Å². The summed E-state index contributed by atoms with van der Waals surface area (Å²) >= 11 is 1.49. The molecule has 28 heavy (non-hydrogen) atoms. The van der Waals surface area contributed by atoms with Gasteiger partial charge in [-0.25, -0.2) is 4.98 Å². The lowest BCUT2D eigenvalue weighted by Crippen LogP contribution is -2.13. The van der Waals surface area contributed by atoms with E-state index in [0.717, 1.165) is 16.5 Å². The SMILES string of the molecule is C=CCn1c(S[C@@H](C)c2nc3ccccc3c(=O)[nH]2)nnc1-c1ccncc1. The molecular formula is C20H18N6OS. The predicted octanol–water partition coefficient (Wildman–Crippen LogP) is 3.62. The highest BCUT2D eigenvalue weighted by Crippen LogP contribution is 2.33. The molecule has 0 aliphatic heterocycles.